The van der Waals surface area contributed by atoms with Gasteiger partial charge >= 0.3 is 6.03 Å². The van der Waals surface area contributed by atoms with E-state index in [4.69, 9.17) is 4.74 Å². The van der Waals surface area contributed by atoms with E-state index in [0.29, 0.717) is 30.7 Å². The van der Waals surface area contributed by atoms with Gasteiger partial charge in [-0.3, -0.25) is 0 Å². The topological polar surface area (TPSA) is 92.3 Å². The Kier molecular flexibility index (Phi) is 6.51. The molecular formula is C22H23FN6O2. The van der Waals surface area contributed by atoms with Gasteiger partial charge < -0.3 is 20.3 Å². The average Bonchev–Trinajstić information content (AvgIpc) is 2.81. The molecule has 0 aliphatic carbocycles. The number of nitrogens with one attached hydrogen (secondary N) is 2. The molecule has 2 N–H and O–H groups in total. The zero-order valence-electron chi connectivity index (χ0n) is 16.9. The highest BCUT2D eigenvalue weighted by molar-refractivity contribution is 5.74. The van der Waals surface area contributed by atoms with Crippen LogP contribution in [0.25, 0.3) is 0 Å². The van der Waals surface area contributed by atoms with Gasteiger partial charge in [0.15, 0.2) is 0 Å². The predicted molar refractivity (Wildman–Crippen MR) is 113 cm³/mol. The fraction of sp³-hybridized carbons (Fsp3) is 0.273. The smallest absolute Gasteiger partial charge is 0.315 e. The van der Waals surface area contributed by atoms with Crippen molar-refractivity contribution < 1.29 is 13.9 Å². The fourth-order valence-corrected chi connectivity index (χ4v) is 3.35. The number of urea groups is 1. The number of halogens is 1. The van der Waals surface area contributed by atoms with Crippen LogP contribution in [0.15, 0.2) is 61.1 Å². The SMILES string of the molecule is O=C(NCc1ccc(Oc2ccc(F)cc2)nc1)NC1CCCN(c2ncccn2)C1. The molecule has 31 heavy (non-hydrogen) atoms. The van der Waals surface area contributed by atoms with Gasteiger partial charge in [0.1, 0.15) is 11.6 Å². The summed E-state index contributed by atoms with van der Waals surface area (Å²) >= 11 is 0. The van der Waals surface area contributed by atoms with Crippen molar-refractivity contribution in [3.63, 3.8) is 0 Å². The Balaban J connectivity index is 1.23. The molecule has 1 unspecified atom stereocenters. The van der Waals surface area contributed by atoms with Crippen molar-refractivity contribution in [2.24, 2.45) is 0 Å². The monoisotopic (exact) mass is 422 g/mol. The first-order valence-electron chi connectivity index (χ1n) is 10.1. The molecule has 3 heterocycles. The van der Waals surface area contributed by atoms with Gasteiger partial charge in [0.2, 0.25) is 11.8 Å². The van der Waals surface area contributed by atoms with E-state index in [1.807, 2.05) is 6.07 Å². The molecule has 3 aromatic rings. The Bertz CT molecular complexity index is 985. The molecule has 0 bridgehead atoms. The number of hydrogen-bond donors (Lipinski definition) is 2. The van der Waals surface area contributed by atoms with Crippen molar-refractivity contribution in [3.05, 3.63) is 72.4 Å². The van der Waals surface area contributed by atoms with E-state index in [0.717, 1.165) is 24.9 Å². The third kappa shape index (κ3) is 5.88. The molecule has 0 radical (unpaired) electrons. The molecule has 0 saturated carbocycles. The predicted octanol–water partition coefficient (Wildman–Crippen LogP) is 3.27. The minimum absolute atomic E-state index is 0.0298. The summed E-state index contributed by atoms with van der Waals surface area (Å²) in [6.45, 7) is 1.89. The molecule has 2 aromatic heterocycles. The van der Waals surface area contributed by atoms with E-state index in [1.165, 1.54) is 24.3 Å². The summed E-state index contributed by atoms with van der Waals surface area (Å²) in [7, 11) is 0. The summed E-state index contributed by atoms with van der Waals surface area (Å²) in [4.78, 5) is 27.2. The molecule has 1 atom stereocenters. The minimum Gasteiger partial charge on any atom is -0.439 e. The van der Waals surface area contributed by atoms with E-state index in [2.05, 4.69) is 30.5 Å². The standard InChI is InChI=1S/C22H23FN6O2/c23-17-5-7-19(8-6-17)31-20-9-4-16(13-26-20)14-27-22(30)28-18-3-1-12-29(15-18)21-24-10-2-11-25-21/h2,4-11,13,18H,1,3,12,14-15H2,(H2,27,28,30). The zero-order chi connectivity index (χ0) is 21.5. The fourth-order valence-electron chi connectivity index (χ4n) is 3.35. The molecule has 1 aliphatic heterocycles. The number of nitrogens with zero attached hydrogens (tertiary/aromatic N) is 4. The summed E-state index contributed by atoms with van der Waals surface area (Å²) in [6, 6.07) is 10.8. The number of amides is 2. The minimum atomic E-state index is -0.325. The van der Waals surface area contributed by atoms with Crippen LogP contribution in [0, 0.1) is 5.82 Å². The first kappa shape index (κ1) is 20.5. The van der Waals surface area contributed by atoms with Crippen molar-refractivity contribution >= 4 is 12.0 Å². The van der Waals surface area contributed by atoms with Crippen molar-refractivity contribution in [2.75, 3.05) is 18.0 Å². The van der Waals surface area contributed by atoms with E-state index in [9.17, 15) is 9.18 Å². The van der Waals surface area contributed by atoms with Crippen LogP contribution in [0.4, 0.5) is 15.1 Å². The highest BCUT2D eigenvalue weighted by atomic mass is 19.1. The van der Waals surface area contributed by atoms with Crippen molar-refractivity contribution in [1.82, 2.24) is 25.6 Å². The third-order valence-corrected chi connectivity index (χ3v) is 4.88. The number of aromatic nitrogens is 3. The summed E-state index contributed by atoms with van der Waals surface area (Å²) in [5, 5.41) is 5.87. The van der Waals surface area contributed by atoms with Gasteiger partial charge in [-0.05, 0) is 48.7 Å². The van der Waals surface area contributed by atoms with Crippen molar-refractivity contribution in [1.29, 1.82) is 0 Å². The number of rotatable bonds is 6. The van der Waals surface area contributed by atoms with Crippen molar-refractivity contribution in [2.45, 2.75) is 25.4 Å². The van der Waals surface area contributed by atoms with E-state index >= 15 is 0 Å². The quantitative estimate of drug-likeness (QED) is 0.634. The second kappa shape index (κ2) is 9.84. The molecule has 8 nitrogen and oxygen atoms in total. The van der Waals surface area contributed by atoms with Crippen molar-refractivity contribution in [3.8, 4) is 11.6 Å². The van der Waals surface area contributed by atoms with Crippen LogP contribution in [-0.2, 0) is 6.54 Å². The number of anilines is 1. The molecule has 160 valence electrons. The van der Waals surface area contributed by atoms with E-state index in [-0.39, 0.29) is 17.9 Å². The summed E-state index contributed by atoms with van der Waals surface area (Å²) in [5.41, 5.74) is 0.838. The van der Waals surface area contributed by atoms with Gasteiger partial charge in [0, 0.05) is 50.3 Å². The van der Waals surface area contributed by atoms with Crippen LogP contribution < -0.4 is 20.3 Å². The van der Waals surface area contributed by atoms with Gasteiger partial charge in [0.25, 0.3) is 0 Å². The number of pyridine rings is 1. The van der Waals surface area contributed by atoms with Crippen LogP contribution in [0.1, 0.15) is 18.4 Å². The molecular weight excluding hydrogens is 399 g/mol. The number of carbonyl (C=O) groups is 1. The van der Waals surface area contributed by atoms with Crippen LogP contribution in [0.5, 0.6) is 11.6 Å². The van der Waals surface area contributed by atoms with Gasteiger partial charge in [-0.15, -0.1) is 0 Å². The first-order chi connectivity index (χ1) is 15.2. The Labute approximate surface area is 179 Å². The molecule has 1 saturated heterocycles. The molecule has 1 aliphatic rings. The lowest BCUT2D eigenvalue weighted by atomic mass is 10.1. The van der Waals surface area contributed by atoms with Crippen LogP contribution in [-0.4, -0.2) is 40.1 Å². The number of carbonyl (C=O) groups excluding carboxylic acids is 1. The normalized spacial score (nSPS) is 15.9. The highest BCUT2D eigenvalue weighted by Gasteiger charge is 2.22. The average molecular weight is 422 g/mol. The Morgan fingerprint density at radius 3 is 2.68 bits per heavy atom. The summed E-state index contributed by atoms with van der Waals surface area (Å²) in [6.07, 6.45) is 6.94. The lowest BCUT2D eigenvalue weighted by Gasteiger charge is -2.33. The van der Waals surface area contributed by atoms with Gasteiger partial charge in [0.05, 0.1) is 0 Å². The Morgan fingerprint density at radius 2 is 1.94 bits per heavy atom. The number of hydrogen-bond acceptors (Lipinski definition) is 6. The zero-order valence-corrected chi connectivity index (χ0v) is 16.9. The molecule has 9 heteroatoms. The molecule has 0 spiro atoms. The molecule has 2 amide bonds. The van der Waals surface area contributed by atoms with Crippen LogP contribution >= 0.6 is 0 Å². The second-order valence-corrected chi connectivity index (χ2v) is 7.22. The summed E-state index contributed by atoms with van der Waals surface area (Å²) < 4.78 is 18.5. The molecule has 4 rings (SSSR count). The lowest BCUT2D eigenvalue weighted by Crippen LogP contribution is -2.50. The van der Waals surface area contributed by atoms with E-state index in [1.54, 1.807) is 30.7 Å². The molecule has 1 aromatic carbocycles. The number of piperidine rings is 1. The third-order valence-electron chi connectivity index (χ3n) is 4.88. The first-order valence-corrected chi connectivity index (χ1v) is 10.1. The number of ether oxygens (including phenoxy) is 1. The number of benzene rings is 1. The van der Waals surface area contributed by atoms with E-state index < -0.39 is 0 Å². The largest absolute Gasteiger partial charge is 0.439 e. The maximum atomic E-state index is 13.0. The van der Waals surface area contributed by atoms with Crippen LogP contribution in [0.2, 0.25) is 0 Å². The Morgan fingerprint density at radius 1 is 1.13 bits per heavy atom. The maximum Gasteiger partial charge on any atom is 0.315 e. The van der Waals surface area contributed by atoms with Gasteiger partial charge in [-0.2, -0.15) is 0 Å². The van der Waals surface area contributed by atoms with Gasteiger partial charge in [-0.1, -0.05) is 6.07 Å². The summed E-state index contributed by atoms with van der Waals surface area (Å²) in [5.74, 6) is 1.25. The van der Waals surface area contributed by atoms with Crippen LogP contribution in [0.3, 0.4) is 0 Å². The molecule has 1 fully saturated rings. The second-order valence-electron chi connectivity index (χ2n) is 7.22. The highest BCUT2D eigenvalue weighted by Crippen LogP contribution is 2.19. The Hall–Kier alpha value is -3.75. The lowest BCUT2D eigenvalue weighted by molar-refractivity contribution is 0.234. The van der Waals surface area contributed by atoms with Gasteiger partial charge in [-0.25, -0.2) is 24.1 Å². The maximum absolute atomic E-state index is 13.0.